The predicted molar refractivity (Wildman–Crippen MR) is 131 cm³/mol. The predicted octanol–water partition coefficient (Wildman–Crippen LogP) is 5.34. The topological polar surface area (TPSA) is 66.5 Å². The van der Waals surface area contributed by atoms with E-state index >= 15 is 0 Å². The number of hydrogen-bond donors (Lipinski definition) is 1. The third-order valence-electron chi connectivity index (χ3n) is 7.14. The van der Waals surface area contributed by atoms with Crippen LogP contribution in [0.5, 0.6) is 0 Å². The molecule has 1 aromatic carbocycles. The van der Waals surface area contributed by atoms with Gasteiger partial charge in [-0.2, -0.15) is 0 Å². The Kier molecular flexibility index (Phi) is 7.00. The molecule has 2 saturated carbocycles. The number of nitrogens with one attached hydrogen (secondary N) is 1. The SMILES string of the molecule is Cc1cc(NC(=O)CCCCCN2C(=O)[C@H]3[C@H]4C[C@@H]([C@@H](Br)[C@@H]4Br)[C@@H]3C2=O)c(C)cc1Br. The van der Waals surface area contributed by atoms with Crippen molar-refractivity contribution in [1.82, 2.24) is 4.90 Å². The number of likely N-dealkylation sites (tertiary alicyclic amines) is 1. The number of amides is 3. The van der Waals surface area contributed by atoms with E-state index in [2.05, 4.69) is 53.1 Å². The fourth-order valence-electron chi connectivity index (χ4n) is 5.49. The number of hydrogen-bond acceptors (Lipinski definition) is 3. The van der Waals surface area contributed by atoms with E-state index in [1.165, 1.54) is 4.90 Å². The van der Waals surface area contributed by atoms with Gasteiger partial charge in [0.15, 0.2) is 0 Å². The fraction of sp³-hybridized carbons (Fsp3) is 0.609. The number of carbonyl (C=O) groups excluding carboxylic acids is 3. The van der Waals surface area contributed by atoms with Crippen LogP contribution in [-0.2, 0) is 14.4 Å². The Labute approximate surface area is 208 Å². The van der Waals surface area contributed by atoms with Crippen molar-refractivity contribution in [3.63, 3.8) is 0 Å². The minimum absolute atomic E-state index is 0.00372. The molecule has 4 rings (SSSR count). The van der Waals surface area contributed by atoms with Crippen molar-refractivity contribution in [3.05, 3.63) is 27.7 Å². The molecular weight excluding hydrogens is 592 g/mol. The number of carbonyl (C=O) groups is 3. The van der Waals surface area contributed by atoms with E-state index in [1.807, 2.05) is 26.0 Å². The van der Waals surface area contributed by atoms with Crippen molar-refractivity contribution in [3.8, 4) is 0 Å². The average Bonchev–Trinajstić information content (AvgIpc) is 3.32. The van der Waals surface area contributed by atoms with E-state index in [0.717, 1.165) is 47.0 Å². The van der Waals surface area contributed by atoms with Crippen molar-refractivity contribution in [1.29, 1.82) is 0 Å². The van der Waals surface area contributed by atoms with Gasteiger partial charge < -0.3 is 5.32 Å². The molecule has 3 fully saturated rings. The van der Waals surface area contributed by atoms with Crippen LogP contribution in [-0.4, -0.2) is 38.8 Å². The Morgan fingerprint density at radius 2 is 1.61 bits per heavy atom. The maximum absolute atomic E-state index is 12.9. The van der Waals surface area contributed by atoms with E-state index < -0.39 is 0 Å². The summed E-state index contributed by atoms with van der Waals surface area (Å²) in [4.78, 5) is 40.1. The van der Waals surface area contributed by atoms with Crippen LogP contribution >= 0.6 is 47.8 Å². The van der Waals surface area contributed by atoms with E-state index in [4.69, 9.17) is 0 Å². The Morgan fingerprint density at radius 3 is 2.23 bits per heavy atom. The maximum atomic E-state index is 12.9. The third-order valence-corrected chi connectivity index (χ3v) is 11.2. The summed E-state index contributed by atoms with van der Waals surface area (Å²) in [5.41, 5.74) is 2.94. The molecule has 6 atom stereocenters. The molecule has 1 N–H and O–H groups in total. The quantitative estimate of drug-likeness (QED) is 0.255. The molecule has 31 heavy (non-hydrogen) atoms. The standard InChI is InChI=1S/C23H27Br3N2O3/c1-11-9-16(12(2)8-15(11)24)27-17(29)6-4-3-5-7-28-22(30)18-13-10-14(19(18)23(28)31)21(26)20(13)25/h8-9,13-14,18-21H,3-7,10H2,1-2H3,(H,27,29)/t13-,14-,18+,19+,20-,21-/m1/s1. The molecule has 3 amide bonds. The van der Waals surface area contributed by atoms with Crippen molar-refractivity contribution < 1.29 is 14.4 Å². The molecule has 0 radical (unpaired) electrons. The molecule has 2 bridgehead atoms. The van der Waals surface area contributed by atoms with Gasteiger partial charge in [0.2, 0.25) is 17.7 Å². The second-order valence-electron chi connectivity index (χ2n) is 9.11. The Balaban J connectivity index is 1.22. The second kappa shape index (κ2) is 9.26. The Bertz CT molecular complexity index is 890. The lowest BCUT2D eigenvalue weighted by atomic mass is 9.81. The highest BCUT2D eigenvalue weighted by Crippen LogP contribution is 2.60. The van der Waals surface area contributed by atoms with Crippen LogP contribution in [0.25, 0.3) is 0 Å². The zero-order valence-corrected chi connectivity index (χ0v) is 22.4. The molecule has 8 heteroatoms. The number of aryl methyl sites for hydroxylation is 2. The summed E-state index contributed by atoms with van der Waals surface area (Å²) < 4.78 is 1.03. The van der Waals surface area contributed by atoms with Gasteiger partial charge in [-0.3, -0.25) is 19.3 Å². The summed E-state index contributed by atoms with van der Waals surface area (Å²) in [6.45, 7) is 4.44. The Hall–Kier alpha value is -0.730. The Morgan fingerprint density at radius 1 is 1.00 bits per heavy atom. The van der Waals surface area contributed by atoms with Gasteiger partial charge >= 0.3 is 0 Å². The van der Waals surface area contributed by atoms with Gasteiger partial charge in [-0.1, -0.05) is 54.2 Å². The van der Waals surface area contributed by atoms with Gasteiger partial charge in [0.25, 0.3) is 0 Å². The molecule has 5 nitrogen and oxygen atoms in total. The largest absolute Gasteiger partial charge is 0.326 e. The summed E-state index contributed by atoms with van der Waals surface area (Å²) in [7, 11) is 0. The van der Waals surface area contributed by atoms with Gasteiger partial charge in [0, 0.05) is 32.8 Å². The highest BCUT2D eigenvalue weighted by molar-refractivity contribution is 9.12. The molecule has 1 aliphatic heterocycles. The lowest BCUT2D eigenvalue weighted by molar-refractivity contribution is -0.140. The van der Waals surface area contributed by atoms with Gasteiger partial charge in [-0.25, -0.2) is 0 Å². The van der Waals surface area contributed by atoms with Crippen LogP contribution in [0.15, 0.2) is 16.6 Å². The normalized spacial score (nSPS) is 31.5. The number of anilines is 1. The van der Waals surface area contributed by atoms with Crippen LogP contribution < -0.4 is 5.32 Å². The average molecular weight is 619 g/mol. The number of fused-ring (bicyclic) bond motifs is 5. The maximum Gasteiger partial charge on any atom is 0.233 e. The minimum Gasteiger partial charge on any atom is -0.326 e. The van der Waals surface area contributed by atoms with Crippen molar-refractivity contribution in [2.24, 2.45) is 23.7 Å². The summed E-state index contributed by atoms with van der Waals surface area (Å²) in [5.74, 6) is 0.273. The summed E-state index contributed by atoms with van der Waals surface area (Å²) >= 11 is 10.9. The number of nitrogens with zero attached hydrogens (tertiary/aromatic N) is 1. The van der Waals surface area contributed by atoms with Gasteiger partial charge in [-0.15, -0.1) is 0 Å². The monoisotopic (exact) mass is 616 g/mol. The van der Waals surface area contributed by atoms with Crippen LogP contribution in [0.3, 0.4) is 0 Å². The smallest absolute Gasteiger partial charge is 0.233 e. The second-order valence-corrected chi connectivity index (χ2v) is 12.1. The van der Waals surface area contributed by atoms with Gasteiger partial charge in [0.05, 0.1) is 11.8 Å². The molecule has 0 spiro atoms. The van der Waals surface area contributed by atoms with Crippen LogP contribution in [0.4, 0.5) is 5.69 Å². The summed E-state index contributed by atoms with van der Waals surface area (Å²) in [6.07, 6.45) is 3.68. The van der Waals surface area contributed by atoms with Crippen LogP contribution in [0.2, 0.25) is 0 Å². The third kappa shape index (κ3) is 4.29. The first kappa shape index (κ1) is 23.4. The zero-order chi connectivity index (χ0) is 22.4. The van der Waals surface area contributed by atoms with Crippen molar-refractivity contribution in [2.75, 3.05) is 11.9 Å². The minimum atomic E-state index is -0.140. The van der Waals surface area contributed by atoms with Crippen LogP contribution in [0, 0.1) is 37.5 Å². The number of unbranched alkanes of at least 4 members (excludes halogenated alkanes) is 2. The van der Waals surface area contributed by atoms with Gasteiger partial charge in [-0.05, 0) is 68.2 Å². The van der Waals surface area contributed by atoms with Crippen LogP contribution in [0.1, 0.15) is 43.2 Å². The molecule has 1 heterocycles. The molecular formula is C23H27Br3N2O3. The van der Waals surface area contributed by atoms with Crippen molar-refractivity contribution in [2.45, 2.75) is 55.6 Å². The van der Waals surface area contributed by atoms with E-state index in [9.17, 15) is 14.4 Å². The number of halogens is 3. The molecule has 2 aliphatic carbocycles. The first-order chi connectivity index (χ1) is 14.7. The molecule has 0 unspecified atom stereocenters. The summed E-state index contributed by atoms with van der Waals surface area (Å²) in [6, 6.07) is 3.98. The van der Waals surface area contributed by atoms with Crippen molar-refractivity contribution >= 4 is 71.2 Å². The zero-order valence-electron chi connectivity index (χ0n) is 17.7. The molecule has 168 valence electrons. The molecule has 1 aromatic rings. The number of alkyl halides is 2. The fourth-order valence-corrected chi connectivity index (χ4v) is 7.82. The van der Waals surface area contributed by atoms with E-state index in [-0.39, 0.29) is 51.0 Å². The first-order valence-corrected chi connectivity index (χ1v) is 13.5. The molecule has 3 aliphatic rings. The van der Waals surface area contributed by atoms with E-state index in [0.29, 0.717) is 13.0 Å². The lowest BCUT2D eigenvalue weighted by Crippen LogP contribution is -2.37. The highest BCUT2D eigenvalue weighted by Gasteiger charge is 2.66. The number of rotatable bonds is 7. The first-order valence-electron chi connectivity index (χ1n) is 10.9. The highest BCUT2D eigenvalue weighted by atomic mass is 79.9. The van der Waals surface area contributed by atoms with Gasteiger partial charge in [0.1, 0.15) is 0 Å². The number of imide groups is 1. The lowest BCUT2D eigenvalue weighted by Gasteiger charge is -2.28. The summed E-state index contributed by atoms with van der Waals surface area (Å²) in [5, 5.41) is 2.99. The molecule has 0 aromatic heterocycles. The number of benzene rings is 1. The van der Waals surface area contributed by atoms with E-state index in [1.54, 1.807) is 0 Å². The molecule has 1 saturated heterocycles.